The number of nitrogens with one attached hydrogen (secondary N) is 1. The summed E-state index contributed by atoms with van der Waals surface area (Å²) in [4.78, 5) is 12.4. The van der Waals surface area contributed by atoms with Crippen LogP contribution in [-0.4, -0.2) is 36.8 Å². The van der Waals surface area contributed by atoms with Gasteiger partial charge < -0.3 is 5.11 Å². The average molecular weight is 469 g/mol. The molecular weight excluding hydrogens is 451 g/mol. The number of rotatable bonds is 6. The monoisotopic (exact) mass is 468 g/mol. The van der Waals surface area contributed by atoms with Gasteiger partial charge in [-0.15, -0.1) is 0 Å². The standard InChI is InChI=1S/C22H18Cl2N6O2/c1-14-18(21(24)30(27-14)12-15-7-9-16(23)10-8-15)11-25-26-22(32)20-19(31)13-29(28-20)17-5-3-2-4-6-17/h2-11,13,31H,12H2,1H3,(H,26,32)/b25-11+. The zero-order chi connectivity index (χ0) is 22.7. The quantitative estimate of drug-likeness (QED) is 0.327. The van der Waals surface area contributed by atoms with Crippen molar-refractivity contribution < 1.29 is 9.90 Å². The molecule has 0 radical (unpaired) electrons. The van der Waals surface area contributed by atoms with Crippen molar-refractivity contribution in [1.29, 1.82) is 0 Å². The van der Waals surface area contributed by atoms with Crippen LogP contribution in [0.2, 0.25) is 10.2 Å². The van der Waals surface area contributed by atoms with Crippen molar-refractivity contribution in [2.75, 3.05) is 0 Å². The third-order valence-electron chi connectivity index (χ3n) is 4.65. The van der Waals surface area contributed by atoms with E-state index < -0.39 is 5.91 Å². The van der Waals surface area contributed by atoms with Crippen LogP contribution in [0.1, 0.15) is 27.3 Å². The van der Waals surface area contributed by atoms with Crippen LogP contribution in [0, 0.1) is 6.92 Å². The molecule has 2 aromatic carbocycles. The Bertz CT molecular complexity index is 1280. The zero-order valence-corrected chi connectivity index (χ0v) is 18.4. The molecule has 0 fully saturated rings. The van der Waals surface area contributed by atoms with E-state index in [2.05, 4.69) is 20.7 Å². The maximum atomic E-state index is 12.4. The van der Waals surface area contributed by atoms with E-state index in [0.29, 0.717) is 33.7 Å². The summed E-state index contributed by atoms with van der Waals surface area (Å²) < 4.78 is 3.05. The Morgan fingerprint density at radius 3 is 2.56 bits per heavy atom. The van der Waals surface area contributed by atoms with Crippen LogP contribution >= 0.6 is 23.2 Å². The van der Waals surface area contributed by atoms with Crippen LogP contribution < -0.4 is 5.43 Å². The highest BCUT2D eigenvalue weighted by atomic mass is 35.5. The lowest BCUT2D eigenvalue weighted by atomic mass is 10.2. The number of nitrogens with zero attached hydrogens (tertiary/aromatic N) is 5. The highest BCUT2D eigenvalue weighted by molar-refractivity contribution is 6.32. The number of hydrogen-bond acceptors (Lipinski definition) is 5. The van der Waals surface area contributed by atoms with E-state index in [1.54, 1.807) is 35.9 Å². The number of amides is 1. The van der Waals surface area contributed by atoms with Gasteiger partial charge in [0.1, 0.15) is 5.15 Å². The van der Waals surface area contributed by atoms with Gasteiger partial charge in [0.05, 0.1) is 35.9 Å². The van der Waals surface area contributed by atoms with Gasteiger partial charge in [-0.25, -0.2) is 14.8 Å². The van der Waals surface area contributed by atoms with Crippen molar-refractivity contribution in [2.45, 2.75) is 13.5 Å². The lowest BCUT2D eigenvalue weighted by Crippen LogP contribution is -2.18. The number of aromatic nitrogens is 4. The van der Waals surface area contributed by atoms with Crippen molar-refractivity contribution >= 4 is 35.3 Å². The number of hydrazone groups is 1. The second-order valence-electron chi connectivity index (χ2n) is 6.92. The molecule has 4 aromatic rings. The molecule has 2 heterocycles. The van der Waals surface area contributed by atoms with Crippen LogP contribution in [0.4, 0.5) is 0 Å². The Morgan fingerprint density at radius 1 is 1.12 bits per heavy atom. The average Bonchev–Trinajstić information content (AvgIpc) is 3.30. The molecule has 0 saturated heterocycles. The third kappa shape index (κ3) is 4.66. The van der Waals surface area contributed by atoms with E-state index >= 15 is 0 Å². The summed E-state index contributed by atoms with van der Waals surface area (Å²) in [5.41, 5.74) is 5.13. The Labute approximate surface area is 193 Å². The van der Waals surface area contributed by atoms with Gasteiger partial charge in [-0.05, 0) is 36.8 Å². The molecule has 0 saturated carbocycles. The van der Waals surface area contributed by atoms with Crippen molar-refractivity contribution in [3.63, 3.8) is 0 Å². The van der Waals surface area contributed by atoms with Crippen molar-refractivity contribution in [3.05, 3.63) is 93.5 Å². The van der Waals surface area contributed by atoms with Crippen LogP contribution in [0.15, 0.2) is 65.9 Å². The first-order valence-electron chi connectivity index (χ1n) is 9.57. The molecule has 0 aliphatic rings. The second-order valence-corrected chi connectivity index (χ2v) is 7.71. The van der Waals surface area contributed by atoms with E-state index in [1.165, 1.54) is 17.1 Å². The molecule has 0 atom stereocenters. The van der Waals surface area contributed by atoms with Crippen LogP contribution in [-0.2, 0) is 6.54 Å². The molecule has 10 heteroatoms. The van der Waals surface area contributed by atoms with Gasteiger partial charge in [0.15, 0.2) is 11.4 Å². The maximum Gasteiger partial charge on any atom is 0.295 e. The van der Waals surface area contributed by atoms with Gasteiger partial charge in [-0.1, -0.05) is 53.5 Å². The largest absolute Gasteiger partial charge is 0.504 e. The summed E-state index contributed by atoms with van der Waals surface area (Å²) >= 11 is 12.4. The highest BCUT2D eigenvalue weighted by Crippen LogP contribution is 2.20. The molecule has 0 bridgehead atoms. The number of aromatic hydroxyl groups is 1. The van der Waals surface area contributed by atoms with Gasteiger partial charge in [0.25, 0.3) is 5.91 Å². The zero-order valence-electron chi connectivity index (χ0n) is 16.9. The number of carbonyl (C=O) groups excluding carboxylic acids is 1. The summed E-state index contributed by atoms with van der Waals surface area (Å²) in [5, 5.41) is 23.6. The molecule has 4 rings (SSSR count). The molecule has 2 N–H and O–H groups in total. The Morgan fingerprint density at radius 2 is 1.84 bits per heavy atom. The van der Waals surface area contributed by atoms with Crippen LogP contribution in [0.5, 0.6) is 5.75 Å². The first kappa shape index (κ1) is 21.6. The van der Waals surface area contributed by atoms with E-state index in [1.807, 2.05) is 30.3 Å². The molecule has 0 aliphatic heterocycles. The van der Waals surface area contributed by atoms with Gasteiger partial charge in [0, 0.05) is 5.02 Å². The summed E-state index contributed by atoms with van der Waals surface area (Å²) in [6.07, 6.45) is 2.77. The van der Waals surface area contributed by atoms with Crippen molar-refractivity contribution in [2.24, 2.45) is 5.10 Å². The lowest BCUT2D eigenvalue weighted by molar-refractivity contribution is 0.0947. The molecule has 0 aliphatic carbocycles. The van der Waals surface area contributed by atoms with Gasteiger partial charge >= 0.3 is 0 Å². The van der Waals surface area contributed by atoms with E-state index in [-0.39, 0.29) is 11.4 Å². The maximum absolute atomic E-state index is 12.4. The third-order valence-corrected chi connectivity index (χ3v) is 5.30. The van der Waals surface area contributed by atoms with Crippen molar-refractivity contribution in [3.8, 4) is 11.4 Å². The predicted molar refractivity (Wildman–Crippen MR) is 123 cm³/mol. The van der Waals surface area contributed by atoms with Gasteiger partial charge in [0.2, 0.25) is 0 Å². The Balaban J connectivity index is 1.46. The minimum atomic E-state index is -0.657. The van der Waals surface area contributed by atoms with E-state index in [4.69, 9.17) is 23.2 Å². The molecule has 2 aromatic heterocycles. The van der Waals surface area contributed by atoms with Crippen molar-refractivity contribution in [1.82, 2.24) is 25.0 Å². The first-order chi connectivity index (χ1) is 15.4. The number of hydrogen-bond donors (Lipinski definition) is 2. The fourth-order valence-electron chi connectivity index (χ4n) is 3.03. The van der Waals surface area contributed by atoms with Gasteiger partial charge in [-0.2, -0.15) is 15.3 Å². The van der Waals surface area contributed by atoms with E-state index in [0.717, 1.165) is 5.56 Å². The number of carbonyl (C=O) groups is 1. The summed E-state index contributed by atoms with van der Waals surface area (Å²) in [6.45, 7) is 2.25. The molecule has 32 heavy (non-hydrogen) atoms. The fraction of sp³-hybridized carbons (Fsp3) is 0.0909. The Hall–Kier alpha value is -3.62. The molecule has 8 nitrogen and oxygen atoms in total. The number of aryl methyl sites for hydroxylation is 1. The summed E-state index contributed by atoms with van der Waals surface area (Å²) in [7, 11) is 0. The molecule has 1 amide bonds. The summed E-state index contributed by atoms with van der Waals surface area (Å²) in [5.74, 6) is -0.915. The molecule has 0 unspecified atom stereocenters. The van der Waals surface area contributed by atoms with E-state index in [9.17, 15) is 9.90 Å². The highest BCUT2D eigenvalue weighted by Gasteiger charge is 2.17. The number of halogens is 2. The predicted octanol–water partition coefficient (Wildman–Crippen LogP) is 4.20. The second kappa shape index (κ2) is 9.25. The number of para-hydroxylation sites is 1. The lowest BCUT2D eigenvalue weighted by Gasteiger charge is -2.03. The molecular formula is C22H18Cl2N6O2. The fourth-order valence-corrected chi connectivity index (χ4v) is 3.44. The minimum absolute atomic E-state index is 0.146. The summed E-state index contributed by atoms with van der Waals surface area (Å²) in [6, 6.07) is 16.5. The SMILES string of the molecule is Cc1nn(Cc2ccc(Cl)cc2)c(Cl)c1/C=N/NC(=O)c1nn(-c2ccccc2)cc1O. The minimum Gasteiger partial charge on any atom is -0.504 e. The smallest absolute Gasteiger partial charge is 0.295 e. The first-order valence-corrected chi connectivity index (χ1v) is 10.3. The van der Waals surface area contributed by atoms with Crippen LogP contribution in [0.25, 0.3) is 5.69 Å². The topological polar surface area (TPSA) is 97.3 Å². The van der Waals surface area contributed by atoms with Crippen LogP contribution in [0.3, 0.4) is 0 Å². The normalized spacial score (nSPS) is 11.2. The molecule has 0 spiro atoms. The van der Waals surface area contributed by atoms with Gasteiger partial charge in [-0.3, -0.25) is 4.79 Å². The Kier molecular flexibility index (Phi) is 6.25. The molecule has 162 valence electrons. The number of benzene rings is 2.